The summed E-state index contributed by atoms with van der Waals surface area (Å²) in [6.07, 6.45) is 0.754. The molecule has 1 rings (SSSR count). The van der Waals surface area contributed by atoms with Crippen molar-refractivity contribution in [1.82, 2.24) is 9.97 Å². The maximum Gasteiger partial charge on any atom is 0.134 e. The van der Waals surface area contributed by atoms with E-state index in [1.54, 1.807) is 20.3 Å². The standard InChI is InChI=1S/C13H22ClN3O2/c1-5-12-15-11(14)8-13(16-12)17(6-7-18-3)10(2)9-19-4/h8,10H,5-7,9H2,1-4H3. The Morgan fingerprint density at radius 2 is 2.05 bits per heavy atom. The number of aryl methyl sites for hydroxylation is 1. The van der Waals surface area contributed by atoms with E-state index in [1.165, 1.54) is 0 Å². The summed E-state index contributed by atoms with van der Waals surface area (Å²) in [7, 11) is 3.37. The first-order valence-electron chi connectivity index (χ1n) is 6.40. The van der Waals surface area contributed by atoms with Crippen LogP contribution in [0.2, 0.25) is 5.15 Å². The molecule has 0 fully saturated rings. The molecule has 0 aliphatic heterocycles. The van der Waals surface area contributed by atoms with Gasteiger partial charge in [-0.2, -0.15) is 0 Å². The van der Waals surface area contributed by atoms with Gasteiger partial charge in [-0.25, -0.2) is 9.97 Å². The lowest BCUT2D eigenvalue weighted by atomic mass is 10.3. The maximum atomic E-state index is 6.05. The van der Waals surface area contributed by atoms with E-state index in [2.05, 4.69) is 21.8 Å². The normalized spacial score (nSPS) is 12.5. The third-order valence-corrected chi connectivity index (χ3v) is 3.01. The minimum atomic E-state index is 0.191. The molecule has 0 aliphatic rings. The molecule has 1 aromatic heterocycles. The fraction of sp³-hybridized carbons (Fsp3) is 0.692. The number of methoxy groups -OCH3 is 2. The van der Waals surface area contributed by atoms with Gasteiger partial charge in [-0.1, -0.05) is 18.5 Å². The highest BCUT2D eigenvalue weighted by Crippen LogP contribution is 2.18. The largest absolute Gasteiger partial charge is 0.383 e. The second kappa shape index (κ2) is 8.30. The Kier molecular flexibility index (Phi) is 7.05. The molecule has 0 spiro atoms. The van der Waals surface area contributed by atoms with E-state index in [1.807, 2.05) is 6.92 Å². The maximum absolute atomic E-state index is 6.05. The molecule has 0 aliphatic carbocycles. The minimum Gasteiger partial charge on any atom is -0.383 e. The first kappa shape index (κ1) is 16.1. The van der Waals surface area contributed by atoms with Crippen molar-refractivity contribution >= 4 is 17.4 Å². The molecule has 1 atom stereocenters. The van der Waals surface area contributed by atoms with Gasteiger partial charge in [-0.05, 0) is 6.92 Å². The third kappa shape index (κ3) is 4.93. The number of hydrogen-bond donors (Lipinski definition) is 0. The lowest BCUT2D eigenvalue weighted by molar-refractivity contribution is 0.170. The number of aromatic nitrogens is 2. The van der Waals surface area contributed by atoms with Gasteiger partial charge in [0.15, 0.2) is 0 Å². The van der Waals surface area contributed by atoms with Gasteiger partial charge in [0.25, 0.3) is 0 Å². The topological polar surface area (TPSA) is 47.5 Å². The van der Waals surface area contributed by atoms with Crippen molar-refractivity contribution in [1.29, 1.82) is 0 Å². The Hall–Kier alpha value is -0.910. The monoisotopic (exact) mass is 287 g/mol. The van der Waals surface area contributed by atoms with Crippen molar-refractivity contribution in [2.45, 2.75) is 26.3 Å². The average molecular weight is 288 g/mol. The molecule has 108 valence electrons. The van der Waals surface area contributed by atoms with Crippen molar-refractivity contribution in [3.63, 3.8) is 0 Å². The van der Waals surface area contributed by atoms with Crippen LogP contribution in [0.5, 0.6) is 0 Å². The van der Waals surface area contributed by atoms with Crippen LogP contribution in [0.1, 0.15) is 19.7 Å². The van der Waals surface area contributed by atoms with Crippen LogP contribution in [-0.4, -0.2) is 50.0 Å². The van der Waals surface area contributed by atoms with E-state index in [0.717, 1.165) is 24.6 Å². The van der Waals surface area contributed by atoms with E-state index < -0.39 is 0 Å². The van der Waals surface area contributed by atoms with Crippen LogP contribution in [0, 0.1) is 0 Å². The van der Waals surface area contributed by atoms with Gasteiger partial charge in [0, 0.05) is 33.3 Å². The van der Waals surface area contributed by atoms with Crippen molar-refractivity contribution < 1.29 is 9.47 Å². The van der Waals surface area contributed by atoms with Crippen LogP contribution in [0.25, 0.3) is 0 Å². The van der Waals surface area contributed by atoms with Crippen molar-refractivity contribution in [3.8, 4) is 0 Å². The molecule has 0 amide bonds. The second-order valence-corrected chi connectivity index (χ2v) is 4.70. The van der Waals surface area contributed by atoms with E-state index in [4.69, 9.17) is 21.1 Å². The molecular formula is C13H22ClN3O2. The second-order valence-electron chi connectivity index (χ2n) is 4.31. The predicted molar refractivity (Wildman–Crippen MR) is 77.0 cm³/mol. The SMILES string of the molecule is CCc1nc(Cl)cc(N(CCOC)C(C)COC)n1. The highest BCUT2D eigenvalue weighted by atomic mass is 35.5. The van der Waals surface area contributed by atoms with Gasteiger partial charge in [0.05, 0.1) is 19.3 Å². The van der Waals surface area contributed by atoms with Crippen LogP contribution < -0.4 is 4.90 Å². The zero-order chi connectivity index (χ0) is 14.3. The van der Waals surface area contributed by atoms with Gasteiger partial charge < -0.3 is 14.4 Å². The number of halogens is 1. The first-order valence-corrected chi connectivity index (χ1v) is 6.78. The van der Waals surface area contributed by atoms with Crippen LogP contribution in [0.3, 0.4) is 0 Å². The molecule has 0 bridgehead atoms. The summed E-state index contributed by atoms with van der Waals surface area (Å²) in [6.45, 7) is 6.07. The number of anilines is 1. The van der Waals surface area contributed by atoms with Gasteiger partial charge in [-0.3, -0.25) is 0 Å². The Balaban J connectivity index is 2.97. The van der Waals surface area contributed by atoms with Gasteiger partial charge in [0.2, 0.25) is 0 Å². The van der Waals surface area contributed by atoms with Crippen molar-refractivity contribution in [3.05, 3.63) is 17.0 Å². The number of rotatable bonds is 8. The molecule has 0 saturated heterocycles. The molecular weight excluding hydrogens is 266 g/mol. The quantitative estimate of drug-likeness (QED) is 0.686. The average Bonchev–Trinajstić information content (AvgIpc) is 2.39. The fourth-order valence-corrected chi connectivity index (χ4v) is 2.03. The van der Waals surface area contributed by atoms with Gasteiger partial charge >= 0.3 is 0 Å². The number of nitrogens with zero attached hydrogens (tertiary/aromatic N) is 3. The molecule has 0 N–H and O–H groups in total. The molecule has 6 heteroatoms. The van der Waals surface area contributed by atoms with E-state index >= 15 is 0 Å². The van der Waals surface area contributed by atoms with Crippen LogP contribution in [0.4, 0.5) is 5.82 Å². The summed E-state index contributed by atoms with van der Waals surface area (Å²) >= 11 is 6.05. The Bertz CT molecular complexity index is 390. The summed E-state index contributed by atoms with van der Waals surface area (Å²) in [6, 6.07) is 1.97. The Labute approximate surface area is 119 Å². The molecule has 5 nitrogen and oxygen atoms in total. The van der Waals surface area contributed by atoms with E-state index in [9.17, 15) is 0 Å². The molecule has 1 aromatic rings. The van der Waals surface area contributed by atoms with Gasteiger partial charge in [0.1, 0.15) is 16.8 Å². The third-order valence-electron chi connectivity index (χ3n) is 2.81. The molecule has 19 heavy (non-hydrogen) atoms. The summed E-state index contributed by atoms with van der Waals surface area (Å²) in [5, 5.41) is 0.467. The molecule has 0 aromatic carbocycles. The first-order chi connectivity index (χ1) is 9.12. The highest BCUT2D eigenvalue weighted by Gasteiger charge is 2.17. The molecule has 0 radical (unpaired) electrons. The molecule has 1 heterocycles. The van der Waals surface area contributed by atoms with Crippen LogP contribution in [-0.2, 0) is 15.9 Å². The highest BCUT2D eigenvalue weighted by molar-refractivity contribution is 6.29. The van der Waals surface area contributed by atoms with Crippen molar-refractivity contribution in [2.24, 2.45) is 0 Å². The minimum absolute atomic E-state index is 0.191. The Morgan fingerprint density at radius 3 is 2.63 bits per heavy atom. The predicted octanol–water partition coefficient (Wildman–Crippen LogP) is 2.18. The number of ether oxygens (including phenoxy) is 2. The smallest absolute Gasteiger partial charge is 0.134 e. The van der Waals surface area contributed by atoms with Crippen molar-refractivity contribution in [2.75, 3.05) is 38.9 Å². The zero-order valence-electron chi connectivity index (χ0n) is 12.0. The number of hydrogen-bond acceptors (Lipinski definition) is 5. The summed E-state index contributed by atoms with van der Waals surface area (Å²) < 4.78 is 10.4. The van der Waals surface area contributed by atoms with Crippen LogP contribution in [0.15, 0.2) is 6.07 Å². The fourth-order valence-electron chi connectivity index (χ4n) is 1.84. The summed E-state index contributed by atoms with van der Waals surface area (Å²) in [5.74, 6) is 1.56. The zero-order valence-corrected chi connectivity index (χ0v) is 12.8. The molecule has 1 unspecified atom stereocenters. The Morgan fingerprint density at radius 1 is 1.32 bits per heavy atom. The summed E-state index contributed by atoms with van der Waals surface area (Å²) in [4.78, 5) is 10.8. The molecule has 0 saturated carbocycles. The van der Waals surface area contributed by atoms with E-state index in [-0.39, 0.29) is 6.04 Å². The lowest BCUT2D eigenvalue weighted by Crippen LogP contribution is -2.39. The summed E-state index contributed by atoms with van der Waals surface area (Å²) in [5.41, 5.74) is 0. The van der Waals surface area contributed by atoms with Gasteiger partial charge in [-0.15, -0.1) is 0 Å². The van der Waals surface area contributed by atoms with Crippen LogP contribution >= 0.6 is 11.6 Å². The van der Waals surface area contributed by atoms with E-state index in [0.29, 0.717) is 18.4 Å². The lowest BCUT2D eigenvalue weighted by Gasteiger charge is -2.30.